The van der Waals surface area contributed by atoms with Crippen LogP contribution in [-0.2, 0) is 42.7 Å². The van der Waals surface area contributed by atoms with Gasteiger partial charge in [0.05, 0.1) is 25.7 Å². The van der Waals surface area contributed by atoms with Gasteiger partial charge in [-0.25, -0.2) is 25.3 Å². The summed E-state index contributed by atoms with van der Waals surface area (Å²) < 4.78 is 104. The van der Waals surface area contributed by atoms with Gasteiger partial charge in [0.25, 0.3) is 5.56 Å². The van der Waals surface area contributed by atoms with E-state index in [1.54, 1.807) is 0 Å². The Bertz CT molecular complexity index is 2320. The SMILES string of the molecule is CCn1c(O)c(CS(=O)(=O)[O-])c(C)c(N=Nc2cc(Nc3nc(Cl)nc(Nc4ccc(S(=O)(=O)[O-])cc4)n3)ccc2S(=O)(=O)[O-])c1=O.[Li+].[Na+].[Na+]. The molecule has 19 nitrogen and oxygen atoms in total. The summed E-state index contributed by atoms with van der Waals surface area (Å²) in [5.41, 5.74) is -2.45. The van der Waals surface area contributed by atoms with E-state index in [1.165, 1.54) is 26.0 Å². The number of nitrogens with zero attached hydrogens (tertiary/aromatic N) is 6. The molecule has 0 amide bonds. The molecule has 0 aliphatic carbocycles. The van der Waals surface area contributed by atoms with Gasteiger partial charge in [-0.05, 0) is 73.5 Å². The van der Waals surface area contributed by atoms with Crippen molar-refractivity contribution in [2.75, 3.05) is 10.6 Å². The molecule has 0 bridgehead atoms. The molecule has 0 unspecified atom stereocenters. The monoisotopic (exact) mass is 780 g/mol. The number of hydrogen-bond donors (Lipinski definition) is 3. The van der Waals surface area contributed by atoms with Crippen molar-refractivity contribution in [3.63, 3.8) is 0 Å². The summed E-state index contributed by atoms with van der Waals surface area (Å²) in [5, 5.41) is 23.0. The van der Waals surface area contributed by atoms with Gasteiger partial charge in [0.15, 0.2) is 11.6 Å². The van der Waals surface area contributed by atoms with Crippen molar-refractivity contribution in [1.29, 1.82) is 0 Å². The predicted octanol–water partition coefficient (Wildman–Crippen LogP) is -6.51. The zero-order valence-electron chi connectivity index (χ0n) is 26.8. The summed E-state index contributed by atoms with van der Waals surface area (Å²) in [6.07, 6.45) is 0. The minimum atomic E-state index is -5.16. The van der Waals surface area contributed by atoms with Gasteiger partial charge in [-0.3, -0.25) is 9.36 Å². The van der Waals surface area contributed by atoms with Crippen molar-refractivity contribution in [1.82, 2.24) is 19.5 Å². The van der Waals surface area contributed by atoms with Gasteiger partial charge in [-0.1, -0.05) is 0 Å². The standard InChI is InChI=1S/C24H23ClN8O11S3.Li.2Na/c1-3-33-20(34)16(11-45(36,37)38)12(2)19(21(33)35)32-31-17-10-14(6-9-18(17)47(42,43)44)27-24-29-22(25)28-23(30-24)26-13-4-7-15(8-5-13)46(39,40)41;;;/h4-10,34H,3,11H2,1-2H3,(H,36,37,38)(H,39,40,41)(H,42,43,44)(H2,26,27,28,29,30);;;/q;3*+1/p-3. The van der Waals surface area contributed by atoms with Crippen LogP contribution in [0.1, 0.15) is 18.1 Å². The number of azo groups is 1. The number of aromatic nitrogens is 4. The molecule has 50 heavy (non-hydrogen) atoms. The first-order chi connectivity index (χ1) is 21.8. The van der Waals surface area contributed by atoms with Crippen LogP contribution in [0, 0.1) is 6.92 Å². The molecule has 2 aromatic carbocycles. The molecule has 4 rings (SSSR count). The maximum absolute atomic E-state index is 13.0. The minimum absolute atomic E-state index is 0. The third-order valence-corrected chi connectivity index (χ3v) is 8.71. The van der Waals surface area contributed by atoms with Crippen molar-refractivity contribution in [3.8, 4) is 5.88 Å². The second kappa shape index (κ2) is 18.2. The molecule has 4 aromatic rings. The Morgan fingerprint density at radius 1 is 0.860 bits per heavy atom. The van der Waals surface area contributed by atoms with Gasteiger partial charge in [-0.2, -0.15) is 15.0 Å². The molecule has 26 heteroatoms. The number of benzene rings is 2. The zero-order chi connectivity index (χ0) is 34.9. The van der Waals surface area contributed by atoms with Crippen LogP contribution in [0.25, 0.3) is 0 Å². The number of nitrogens with one attached hydrogen (secondary N) is 2. The van der Waals surface area contributed by atoms with Gasteiger partial charge in [0.2, 0.25) is 17.2 Å². The number of hydrogen-bond acceptors (Lipinski definition) is 18. The van der Waals surface area contributed by atoms with Crippen LogP contribution in [0.3, 0.4) is 0 Å². The van der Waals surface area contributed by atoms with Gasteiger partial charge < -0.3 is 29.4 Å². The molecule has 0 spiro atoms. The van der Waals surface area contributed by atoms with E-state index in [0.29, 0.717) is 0 Å². The number of aromatic hydroxyl groups is 1. The second-order valence-corrected chi connectivity index (χ2v) is 13.8. The van der Waals surface area contributed by atoms with E-state index in [4.69, 9.17) is 11.6 Å². The molecule has 0 saturated heterocycles. The summed E-state index contributed by atoms with van der Waals surface area (Å²) in [4.78, 5) is 23.5. The van der Waals surface area contributed by atoms with E-state index in [2.05, 4.69) is 35.8 Å². The molecule has 0 aliphatic rings. The summed E-state index contributed by atoms with van der Waals surface area (Å²) in [5.74, 6) is -2.32. The van der Waals surface area contributed by atoms with E-state index < -0.39 is 74.3 Å². The summed E-state index contributed by atoms with van der Waals surface area (Å²) >= 11 is 6.00. The molecule has 0 aliphatic heterocycles. The predicted molar refractivity (Wildman–Crippen MR) is 161 cm³/mol. The molecule has 2 heterocycles. The van der Waals surface area contributed by atoms with Crippen molar-refractivity contribution in [3.05, 3.63) is 69.2 Å². The van der Waals surface area contributed by atoms with Gasteiger partial charge in [0, 0.05) is 23.5 Å². The third-order valence-electron chi connectivity index (χ3n) is 6.17. The second-order valence-electron chi connectivity index (χ2n) is 9.34. The summed E-state index contributed by atoms with van der Waals surface area (Å²) in [6.45, 7) is 2.46. The topological polar surface area (TPSA) is 301 Å². The zero-order valence-corrected chi connectivity index (χ0v) is 34.0. The molecular weight excluding hydrogens is 761 g/mol. The van der Waals surface area contributed by atoms with Crippen molar-refractivity contribution in [2.45, 2.75) is 35.9 Å². The average molecular weight is 781 g/mol. The first kappa shape index (κ1) is 46.0. The molecule has 0 fully saturated rings. The van der Waals surface area contributed by atoms with Crippen LogP contribution in [0.4, 0.5) is 34.6 Å². The van der Waals surface area contributed by atoms with Crippen molar-refractivity contribution in [2.24, 2.45) is 10.2 Å². The first-order valence-corrected chi connectivity index (χ1v) is 17.5. The fraction of sp³-hybridized carbons (Fsp3) is 0.167. The number of anilines is 4. The summed E-state index contributed by atoms with van der Waals surface area (Å²) in [7, 11) is -14.8. The Morgan fingerprint density at radius 2 is 1.40 bits per heavy atom. The normalized spacial score (nSPS) is 11.6. The molecule has 0 atom stereocenters. The minimum Gasteiger partial charge on any atom is -0.748 e. The van der Waals surface area contributed by atoms with E-state index in [9.17, 15) is 48.8 Å². The molecule has 0 saturated carbocycles. The Labute approximate surface area is 346 Å². The maximum atomic E-state index is 13.0. The number of halogens is 1. The number of rotatable bonds is 11. The fourth-order valence-corrected chi connectivity index (χ4v) is 5.95. The largest absolute Gasteiger partial charge is 1.00 e. The van der Waals surface area contributed by atoms with Gasteiger partial charge in [-0.15, -0.1) is 10.2 Å². The van der Waals surface area contributed by atoms with Gasteiger partial charge in [0.1, 0.15) is 25.9 Å². The number of pyridine rings is 1. The smallest absolute Gasteiger partial charge is 0.748 e. The van der Waals surface area contributed by atoms with Gasteiger partial charge >= 0.3 is 78.0 Å². The maximum Gasteiger partial charge on any atom is 1.00 e. The third kappa shape index (κ3) is 11.8. The molecular formula is C24H20ClLiN8Na2O11S3. The van der Waals surface area contributed by atoms with Crippen LogP contribution >= 0.6 is 11.6 Å². The van der Waals surface area contributed by atoms with Crippen LogP contribution in [-0.4, -0.2) is 63.5 Å². The molecule has 0 radical (unpaired) electrons. The Kier molecular flexibility index (Phi) is 16.7. The van der Waals surface area contributed by atoms with E-state index in [-0.39, 0.29) is 119 Å². The molecule has 250 valence electrons. The Hall–Kier alpha value is -1.98. The van der Waals surface area contributed by atoms with Crippen LogP contribution in [0.2, 0.25) is 5.28 Å². The van der Waals surface area contributed by atoms with Crippen molar-refractivity contribution >= 4 is 76.6 Å². The first-order valence-electron chi connectivity index (χ1n) is 12.7. The van der Waals surface area contributed by atoms with Crippen LogP contribution in [0.5, 0.6) is 5.88 Å². The summed E-state index contributed by atoms with van der Waals surface area (Å²) in [6, 6.07) is 7.68. The Balaban J connectivity index is 0.00000417. The fourth-order valence-electron chi connectivity index (χ4n) is 4.03. The average Bonchev–Trinajstić information content (AvgIpc) is 2.94. The van der Waals surface area contributed by atoms with Crippen LogP contribution in [0.15, 0.2) is 67.3 Å². The van der Waals surface area contributed by atoms with E-state index in [0.717, 1.165) is 34.9 Å². The molecule has 3 N–H and O–H groups in total. The molecule has 2 aromatic heterocycles. The van der Waals surface area contributed by atoms with E-state index in [1.807, 2.05) is 0 Å². The Morgan fingerprint density at radius 3 is 1.90 bits per heavy atom. The van der Waals surface area contributed by atoms with Crippen LogP contribution < -0.4 is 94.2 Å². The quantitative estimate of drug-likeness (QED) is 0.0724. The van der Waals surface area contributed by atoms with E-state index >= 15 is 0 Å². The van der Waals surface area contributed by atoms with Crippen molar-refractivity contribution < 1.29 is 122 Å².